The Balaban J connectivity index is 2.87. The molecule has 0 amide bonds. The van der Waals surface area contributed by atoms with Crippen molar-refractivity contribution in [1.29, 1.82) is 0 Å². The largest absolute Gasteiger partial charge is 0.322 e. The summed E-state index contributed by atoms with van der Waals surface area (Å²) in [5.74, 6) is -2.91. The van der Waals surface area contributed by atoms with Gasteiger partial charge in [-0.3, -0.25) is 0 Å². The third-order valence-electron chi connectivity index (χ3n) is 1.57. The Labute approximate surface area is 79.0 Å². The van der Waals surface area contributed by atoms with Gasteiger partial charge in [-0.05, 0) is 6.42 Å². The van der Waals surface area contributed by atoms with E-state index in [1.54, 1.807) is 0 Å². The minimum Gasteiger partial charge on any atom is -0.322 e. The van der Waals surface area contributed by atoms with E-state index in [0.717, 1.165) is 18.3 Å². The summed E-state index contributed by atoms with van der Waals surface area (Å²) in [4.78, 5) is 0. The summed E-state index contributed by atoms with van der Waals surface area (Å²) < 4.78 is 25.4. The van der Waals surface area contributed by atoms with E-state index >= 15 is 0 Å². The molecule has 1 unspecified atom stereocenters. The number of rotatable bonds is 3. The van der Waals surface area contributed by atoms with Crippen molar-refractivity contribution >= 4 is 11.3 Å². The minimum absolute atomic E-state index is 0.272. The predicted molar refractivity (Wildman–Crippen MR) is 46.7 cm³/mol. The van der Waals surface area contributed by atoms with Gasteiger partial charge in [0.25, 0.3) is 5.92 Å². The zero-order valence-electron chi connectivity index (χ0n) is 7.42. The summed E-state index contributed by atoms with van der Waals surface area (Å²) in [6.07, 6.45) is 0.671. The van der Waals surface area contributed by atoms with Crippen LogP contribution in [0.2, 0.25) is 0 Å². The van der Waals surface area contributed by atoms with Gasteiger partial charge in [0, 0.05) is 6.92 Å². The van der Waals surface area contributed by atoms with Crippen LogP contribution in [0.4, 0.5) is 8.78 Å². The number of alkyl halides is 2. The molecule has 0 fully saturated rings. The Hall–Kier alpha value is -0.620. The Morgan fingerprint density at radius 2 is 2.15 bits per heavy atom. The van der Waals surface area contributed by atoms with Gasteiger partial charge < -0.3 is 5.73 Å². The van der Waals surface area contributed by atoms with Crippen LogP contribution in [0.3, 0.4) is 0 Å². The van der Waals surface area contributed by atoms with Gasteiger partial charge in [-0.2, -0.15) is 8.78 Å². The first-order valence-corrected chi connectivity index (χ1v) is 4.74. The summed E-state index contributed by atoms with van der Waals surface area (Å²) in [5, 5.41) is 7.21. The predicted octanol–water partition coefficient (Wildman–Crippen LogP) is 2.06. The molecule has 0 aliphatic rings. The molecule has 0 aliphatic heterocycles. The van der Waals surface area contributed by atoms with Crippen LogP contribution in [0.15, 0.2) is 0 Å². The highest BCUT2D eigenvalue weighted by Crippen LogP contribution is 2.31. The monoisotopic (exact) mass is 207 g/mol. The molecule has 6 heteroatoms. The van der Waals surface area contributed by atoms with Crippen molar-refractivity contribution in [2.75, 3.05) is 0 Å². The molecule has 0 radical (unpaired) electrons. The van der Waals surface area contributed by atoms with Gasteiger partial charge in [0.05, 0.1) is 6.04 Å². The van der Waals surface area contributed by atoms with E-state index in [2.05, 4.69) is 10.2 Å². The molecular formula is C7H11F2N3S. The number of hydrogen-bond donors (Lipinski definition) is 1. The molecule has 0 spiro atoms. The molecule has 0 aromatic carbocycles. The molecule has 3 nitrogen and oxygen atoms in total. The molecule has 1 aromatic heterocycles. The summed E-state index contributed by atoms with van der Waals surface area (Å²) in [7, 11) is 0. The second kappa shape index (κ2) is 3.63. The van der Waals surface area contributed by atoms with Crippen LogP contribution in [0.1, 0.15) is 36.3 Å². The van der Waals surface area contributed by atoms with E-state index in [-0.39, 0.29) is 11.0 Å². The van der Waals surface area contributed by atoms with Crippen molar-refractivity contribution in [3.05, 3.63) is 10.0 Å². The second-order valence-corrected chi connectivity index (χ2v) is 3.86. The summed E-state index contributed by atoms with van der Waals surface area (Å²) >= 11 is 0.875. The average Bonchev–Trinajstić information content (AvgIpc) is 2.50. The molecule has 2 N–H and O–H groups in total. The topological polar surface area (TPSA) is 51.8 Å². The fourth-order valence-electron chi connectivity index (χ4n) is 0.736. The van der Waals surface area contributed by atoms with E-state index in [1.807, 2.05) is 6.92 Å². The van der Waals surface area contributed by atoms with Crippen LogP contribution in [0.25, 0.3) is 0 Å². The van der Waals surface area contributed by atoms with Crippen molar-refractivity contribution in [2.24, 2.45) is 5.73 Å². The Bertz CT molecular complexity index is 282. The zero-order chi connectivity index (χ0) is 10.1. The first-order chi connectivity index (χ1) is 5.95. The van der Waals surface area contributed by atoms with Crippen molar-refractivity contribution in [1.82, 2.24) is 10.2 Å². The van der Waals surface area contributed by atoms with Crippen LogP contribution in [-0.2, 0) is 5.92 Å². The summed E-state index contributed by atoms with van der Waals surface area (Å²) in [5.41, 5.74) is 5.61. The van der Waals surface area contributed by atoms with Gasteiger partial charge in [-0.25, -0.2) is 0 Å². The average molecular weight is 207 g/mol. The van der Waals surface area contributed by atoms with Gasteiger partial charge >= 0.3 is 0 Å². The first-order valence-electron chi connectivity index (χ1n) is 3.92. The van der Waals surface area contributed by atoms with Crippen molar-refractivity contribution in [3.63, 3.8) is 0 Å². The molecule has 1 heterocycles. The molecule has 0 aliphatic carbocycles. The van der Waals surface area contributed by atoms with Gasteiger partial charge in [0.1, 0.15) is 5.01 Å². The van der Waals surface area contributed by atoms with Crippen LogP contribution in [0, 0.1) is 0 Å². The summed E-state index contributed by atoms with van der Waals surface area (Å²) in [6, 6.07) is -0.284. The fraction of sp³-hybridized carbons (Fsp3) is 0.714. The lowest BCUT2D eigenvalue weighted by Gasteiger charge is -2.03. The zero-order valence-corrected chi connectivity index (χ0v) is 8.24. The maximum atomic E-state index is 12.7. The molecular weight excluding hydrogens is 196 g/mol. The van der Waals surface area contributed by atoms with E-state index in [4.69, 9.17) is 5.73 Å². The van der Waals surface area contributed by atoms with Gasteiger partial charge in [0.2, 0.25) is 0 Å². The number of nitrogens with zero attached hydrogens (tertiary/aromatic N) is 2. The lowest BCUT2D eigenvalue weighted by molar-refractivity contribution is 0.0165. The van der Waals surface area contributed by atoms with Crippen molar-refractivity contribution in [2.45, 2.75) is 32.2 Å². The summed E-state index contributed by atoms with van der Waals surface area (Å²) in [6.45, 7) is 2.67. The van der Waals surface area contributed by atoms with Gasteiger partial charge in [0.15, 0.2) is 5.01 Å². The number of aromatic nitrogens is 2. The van der Waals surface area contributed by atoms with Gasteiger partial charge in [-0.1, -0.05) is 18.3 Å². The smallest absolute Gasteiger partial charge is 0.298 e. The van der Waals surface area contributed by atoms with E-state index < -0.39 is 5.92 Å². The first kappa shape index (κ1) is 10.5. The lowest BCUT2D eigenvalue weighted by atomic mass is 10.3. The fourth-order valence-corrected chi connectivity index (χ4v) is 1.60. The highest BCUT2D eigenvalue weighted by Gasteiger charge is 2.30. The molecule has 1 atom stereocenters. The molecule has 0 saturated carbocycles. The van der Waals surface area contributed by atoms with Crippen molar-refractivity contribution < 1.29 is 8.78 Å². The Morgan fingerprint density at radius 3 is 2.54 bits per heavy atom. The highest BCUT2D eigenvalue weighted by molar-refractivity contribution is 7.11. The quantitative estimate of drug-likeness (QED) is 0.825. The van der Waals surface area contributed by atoms with E-state index in [0.29, 0.717) is 11.4 Å². The second-order valence-electron chi connectivity index (χ2n) is 2.85. The maximum Gasteiger partial charge on any atom is 0.298 e. The van der Waals surface area contributed by atoms with Crippen LogP contribution in [0.5, 0.6) is 0 Å². The number of nitrogens with two attached hydrogens (primary N) is 1. The minimum atomic E-state index is -2.91. The SMILES string of the molecule is CCC(N)c1nnc(C(C)(F)F)s1. The molecule has 13 heavy (non-hydrogen) atoms. The third kappa shape index (κ3) is 2.41. The molecule has 0 saturated heterocycles. The normalized spacial score (nSPS) is 14.5. The van der Waals surface area contributed by atoms with E-state index in [9.17, 15) is 8.78 Å². The molecule has 74 valence electrons. The Kier molecular flexibility index (Phi) is 2.92. The van der Waals surface area contributed by atoms with E-state index in [1.165, 1.54) is 0 Å². The highest BCUT2D eigenvalue weighted by atomic mass is 32.1. The van der Waals surface area contributed by atoms with Gasteiger partial charge in [-0.15, -0.1) is 10.2 Å². The van der Waals surface area contributed by atoms with Crippen LogP contribution in [-0.4, -0.2) is 10.2 Å². The van der Waals surface area contributed by atoms with Crippen LogP contribution >= 0.6 is 11.3 Å². The standard InChI is InChI=1S/C7H11F2N3S/c1-3-4(10)5-11-12-6(13-5)7(2,8)9/h4H,3,10H2,1-2H3. The van der Waals surface area contributed by atoms with Crippen LogP contribution < -0.4 is 5.73 Å². The Morgan fingerprint density at radius 1 is 1.54 bits per heavy atom. The number of halogens is 2. The third-order valence-corrected chi connectivity index (χ3v) is 2.80. The molecule has 1 aromatic rings. The maximum absolute atomic E-state index is 12.7. The molecule has 1 rings (SSSR count). The van der Waals surface area contributed by atoms with Crippen molar-refractivity contribution in [3.8, 4) is 0 Å². The number of hydrogen-bond acceptors (Lipinski definition) is 4. The molecule has 0 bridgehead atoms. The lowest BCUT2D eigenvalue weighted by Crippen LogP contribution is -2.07.